The number of nitrogens with zero attached hydrogens (tertiary/aromatic N) is 4. The fourth-order valence-corrected chi connectivity index (χ4v) is 3.42. The number of nitro benzene ring substituents is 1. The van der Waals surface area contributed by atoms with Crippen LogP contribution in [-0.2, 0) is 4.79 Å². The molecule has 1 amide bonds. The van der Waals surface area contributed by atoms with Crippen molar-refractivity contribution in [3.63, 3.8) is 0 Å². The Labute approximate surface area is 169 Å². The maximum atomic E-state index is 12.9. The summed E-state index contributed by atoms with van der Waals surface area (Å²) in [6.45, 7) is 0. The number of rotatable bonds is 3. The Balaban J connectivity index is 1.68. The van der Waals surface area contributed by atoms with Crippen LogP contribution in [0.4, 0.5) is 18.9 Å². The van der Waals surface area contributed by atoms with Crippen molar-refractivity contribution >= 4 is 45.5 Å². The van der Waals surface area contributed by atoms with Gasteiger partial charge in [-0.25, -0.2) is 0 Å². The average molecular weight is 435 g/mol. The Morgan fingerprint density at radius 1 is 1.23 bits per heavy atom. The molecule has 9 nitrogen and oxygen atoms in total. The second-order valence-corrected chi connectivity index (χ2v) is 6.86. The molecule has 0 radical (unpaired) electrons. The first-order valence-corrected chi connectivity index (χ1v) is 8.88. The lowest BCUT2D eigenvalue weighted by molar-refractivity contribution is -0.384. The molecule has 0 fully saturated rings. The zero-order chi connectivity index (χ0) is 21.6. The lowest BCUT2D eigenvalue weighted by Gasteiger charge is -2.19. The summed E-state index contributed by atoms with van der Waals surface area (Å²) in [5, 5.41) is 21.5. The quantitative estimate of drug-likeness (QED) is 0.441. The van der Waals surface area contributed by atoms with Crippen molar-refractivity contribution in [2.24, 2.45) is 10.1 Å². The van der Waals surface area contributed by atoms with Crippen molar-refractivity contribution in [3.8, 4) is 11.3 Å². The van der Waals surface area contributed by atoms with Crippen molar-refractivity contribution in [2.45, 2.75) is 6.18 Å². The highest BCUT2D eigenvalue weighted by molar-refractivity contribution is 8.27. The second kappa shape index (κ2) is 6.95. The number of hydrogen-bond donors (Lipinski definition) is 1. The lowest BCUT2D eigenvalue weighted by atomic mass is 10.1. The summed E-state index contributed by atoms with van der Waals surface area (Å²) in [6, 6.07) is 8.70. The summed E-state index contributed by atoms with van der Waals surface area (Å²) in [7, 11) is 0. The van der Waals surface area contributed by atoms with E-state index in [0.29, 0.717) is 5.01 Å². The monoisotopic (exact) mass is 435 g/mol. The van der Waals surface area contributed by atoms with Gasteiger partial charge in [0.05, 0.1) is 16.1 Å². The lowest BCUT2D eigenvalue weighted by Crippen LogP contribution is -2.35. The number of nitrogens with one attached hydrogen (secondary N) is 1. The van der Waals surface area contributed by atoms with E-state index in [1.54, 1.807) is 6.07 Å². The van der Waals surface area contributed by atoms with Crippen LogP contribution >= 0.6 is 11.8 Å². The number of amidine groups is 2. The topological polar surface area (TPSA) is 125 Å². The molecule has 3 heterocycles. The number of furan rings is 1. The van der Waals surface area contributed by atoms with E-state index in [9.17, 15) is 28.1 Å². The summed E-state index contributed by atoms with van der Waals surface area (Å²) in [5.41, 5.74) is -0.326. The van der Waals surface area contributed by atoms with Gasteiger partial charge in [-0.1, -0.05) is 12.1 Å². The molecule has 0 atom stereocenters. The van der Waals surface area contributed by atoms with Gasteiger partial charge in [0.15, 0.2) is 5.84 Å². The summed E-state index contributed by atoms with van der Waals surface area (Å²) < 4.78 is 44.1. The molecule has 30 heavy (non-hydrogen) atoms. The van der Waals surface area contributed by atoms with Crippen molar-refractivity contribution in [3.05, 3.63) is 57.8 Å². The van der Waals surface area contributed by atoms with Crippen LogP contribution in [0, 0.1) is 15.5 Å². The van der Waals surface area contributed by atoms with E-state index >= 15 is 0 Å². The van der Waals surface area contributed by atoms with Crippen LogP contribution in [0.15, 0.2) is 56.5 Å². The number of para-hydroxylation sites is 1. The zero-order valence-electron chi connectivity index (χ0n) is 14.5. The predicted octanol–water partition coefficient (Wildman–Crippen LogP) is 4.04. The van der Waals surface area contributed by atoms with E-state index in [0.717, 1.165) is 6.08 Å². The summed E-state index contributed by atoms with van der Waals surface area (Å²) >= 11 is 0.148. The first-order valence-electron chi connectivity index (χ1n) is 8.06. The molecule has 2 aliphatic heterocycles. The molecule has 1 N–H and O–H groups in total. The Morgan fingerprint density at radius 2 is 1.97 bits per heavy atom. The molecule has 13 heteroatoms. The van der Waals surface area contributed by atoms with Gasteiger partial charge < -0.3 is 4.42 Å². The first-order chi connectivity index (χ1) is 14.1. The van der Waals surface area contributed by atoms with Gasteiger partial charge in [0, 0.05) is 6.07 Å². The Kier molecular flexibility index (Phi) is 4.53. The molecular weight excluding hydrogens is 427 g/mol. The zero-order valence-corrected chi connectivity index (χ0v) is 15.3. The molecule has 0 unspecified atom stereocenters. The second-order valence-electron chi connectivity index (χ2n) is 5.90. The molecule has 2 aromatic rings. The van der Waals surface area contributed by atoms with Gasteiger partial charge in [0.25, 0.3) is 11.6 Å². The minimum atomic E-state index is -4.74. The van der Waals surface area contributed by atoms with Gasteiger partial charge in [0.1, 0.15) is 11.5 Å². The van der Waals surface area contributed by atoms with Crippen LogP contribution in [0.3, 0.4) is 0 Å². The number of hydrazone groups is 1. The fraction of sp³-hybridized carbons (Fsp3) is 0.0588. The number of aliphatic imine (C=N–C) groups is 1. The van der Waals surface area contributed by atoms with E-state index < -0.39 is 27.9 Å². The number of fused-ring (bicyclic) bond motifs is 1. The molecule has 4 rings (SSSR count). The molecule has 2 aliphatic rings. The number of benzene rings is 1. The minimum Gasteiger partial charge on any atom is -0.456 e. The van der Waals surface area contributed by atoms with Crippen LogP contribution in [-0.4, -0.2) is 38.1 Å². The SMILES string of the molecule is N=C1/C(=C\c2ccc(-c3ccccc3[N+](=O)[O-])o2)C(=O)N=C2SC(C(F)(F)F)=NN12. The highest BCUT2D eigenvalue weighted by atomic mass is 32.2. The summed E-state index contributed by atoms with van der Waals surface area (Å²) in [4.78, 5) is 26.4. The molecule has 0 spiro atoms. The van der Waals surface area contributed by atoms with Crippen molar-refractivity contribution in [1.29, 1.82) is 5.41 Å². The molecule has 152 valence electrons. The number of nitro groups is 1. The Hall–Kier alpha value is -3.74. The normalized spacial score (nSPS) is 17.8. The maximum absolute atomic E-state index is 12.9. The standard InChI is InChI=1S/C17H8F3N5O4S/c18-17(19,20)15-23-24-13(21)10(14(26)22-16(24)30-15)7-8-5-6-12(29-8)9-3-1-2-4-11(9)25(27)28/h1-7,21H/b10-7+,21-13?. The smallest absolute Gasteiger partial charge is 0.441 e. The van der Waals surface area contributed by atoms with E-state index in [-0.39, 0.29) is 45.3 Å². The van der Waals surface area contributed by atoms with Gasteiger partial charge in [-0.15, -0.1) is 0 Å². The highest BCUT2D eigenvalue weighted by Gasteiger charge is 2.46. The third-order valence-electron chi connectivity index (χ3n) is 3.98. The van der Waals surface area contributed by atoms with Gasteiger partial charge in [-0.3, -0.25) is 20.3 Å². The van der Waals surface area contributed by atoms with E-state index in [2.05, 4.69) is 10.1 Å². The van der Waals surface area contributed by atoms with Crippen LogP contribution in [0.2, 0.25) is 0 Å². The van der Waals surface area contributed by atoms with E-state index in [1.165, 1.54) is 30.3 Å². The first kappa shape index (κ1) is 19.6. The number of alkyl halides is 3. The third kappa shape index (κ3) is 3.39. The molecule has 0 saturated heterocycles. The number of carbonyl (C=O) groups is 1. The van der Waals surface area contributed by atoms with Gasteiger partial charge >= 0.3 is 6.18 Å². The number of halogens is 3. The average Bonchev–Trinajstić information content (AvgIpc) is 3.32. The van der Waals surface area contributed by atoms with Crippen molar-refractivity contribution < 1.29 is 27.3 Å². The fourth-order valence-electron chi connectivity index (χ4n) is 2.67. The molecule has 0 saturated carbocycles. The van der Waals surface area contributed by atoms with E-state index in [4.69, 9.17) is 9.83 Å². The van der Waals surface area contributed by atoms with Crippen molar-refractivity contribution in [2.75, 3.05) is 0 Å². The van der Waals surface area contributed by atoms with Gasteiger partial charge in [0.2, 0.25) is 10.2 Å². The summed E-state index contributed by atoms with van der Waals surface area (Å²) in [6.07, 6.45) is -3.62. The number of thioether (sulfide) groups is 1. The number of amides is 1. The molecule has 0 aliphatic carbocycles. The molecular formula is C17H8F3N5O4S. The minimum absolute atomic E-state index is 0.0572. The van der Waals surface area contributed by atoms with Gasteiger partial charge in [-0.2, -0.15) is 28.3 Å². The molecule has 0 bridgehead atoms. The summed E-state index contributed by atoms with van der Waals surface area (Å²) in [5.74, 6) is -1.33. The number of carbonyl (C=O) groups excluding carboxylic acids is 1. The third-order valence-corrected chi connectivity index (χ3v) is 4.93. The number of hydrogen-bond acceptors (Lipinski definition) is 7. The molecule has 1 aromatic carbocycles. The largest absolute Gasteiger partial charge is 0.456 e. The van der Waals surface area contributed by atoms with Crippen LogP contribution in [0.5, 0.6) is 0 Å². The van der Waals surface area contributed by atoms with Crippen LogP contribution in [0.1, 0.15) is 5.76 Å². The molecule has 1 aromatic heterocycles. The highest BCUT2D eigenvalue weighted by Crippen LogP contribution is 2.36. The van der Waals surface area contributed by atoms with Gasteiger partial charge in [-0.05, 0) is 36.0 Å². The van der Waals surface area contributed by atoms with E-state index in [1.807, 2.05) is 0 Å². The van der Waals surface area contributed by atoms with Crippen molar-refractivity contribution in [1.82, 2.24) is 5.01 Å². The van der Waals surface area contributed by atoms with Crippen LogP contribution in [0.25, 0.3) is 17.4 Å². The Bertz CT molecular complexity index is 1200. The van der Waals surface area contributed by atoms with Crippen LogP contribution < -0.4 is 0 Å². The maximum Gasteiger partial charge on any atom is 0.441 e. The Morgan fingerprint density at radius 3 is 2.67 bits per heavy atom. The predicted molar refractivity (Wildman–Crippen MR) is 102 cm³/mol.